The van der Waals surface area contributed by atoms with Gasteiger partial charge in [-0.2, -0.15) is 0 Å². The molecule has 2 heteroatoms. The van der Waals surface area contributed by atoms with Crippen LogP contribution in [0.15, 0.2) is 24.3 Å². The minimum absolute atomic E-state index is 0.602. The zero-order chi connectivity index (χ0) is 12.4. The average Bonchev–Trinajstić information content (AvgIpc) is 2.67. The first kappa shape index (κ1) is 11.8. The Labute approximate surface area is 110 Å². The van der Waals surface area contributed by atoms with Gasteiger partial charge in [0.1, 0.15) is 5.84 Å². The van der Waals surface area contributed by atoms with Crippen LogP contribution in [-0.4, -0.2) is 16.8 Å². The molecule has 96 valence electrons. The largest absolute Gasteiger partial charge is 0.349 e. The van der Waals surface area contributed by atoms with E-state index < -0.39 is 0 Å². The monoisotopic (exact) mass is 242 g/mol. The van der Waals surface area contributed by atoms with Crippen molar-refractivity contribution in [2.45, 2.75) is 57.5 Å². The Morgan fingerprint density at radius 1 is 0.944 bits per heavy atom. The molecule has 0 radical (unpaired) electrons. The number of amidine groups is 1. The fourth-order valence-electron chi connectivity index (χ4n) is 3.36. The van der Waals surface area contributed by atoms with Crippen LogP contribution in [0.5, 0.6) is 0 Å². The van der Waals surface area contributed by atoms with Crippen molar-refractivity contribution in [2.24, 2.45) is 0 Å². The third-order valence-electron chi connectivity index (χ3n) is 4.42. The second kappa shape index (κ2) is 5.13. The van der Waals surface area contributed by atoms with Crippen LogP contribution in [0.3, 0.4) is 0 Å². The zero-order valence-electron chi connectivity index (χ0n) is 11.0. The lowest BCUT2D eigenvalue weighted by atomic mass is 9.95. The molecule has 1 aliphatic carbocycles. The Kier molecular flexibility index (Phi) is 3.35. The molecule has 1 fully saturated rings. The van der Waals surface area contributed by atoms with Gasteiger partial charge in [0.15, 0.2) is 0 Å². The summed E-state index contributed by atoms with van der Waals surface area (Å²) in [5, 5.41) is 8.38. The van der Waals surface area contributed by atoms with Gasteiger partial charge in [-0.1, -0.05) is 56.4 Å². The van der Waals surface area contributed by atoms with Gasteiger partial charge in [0.2, 0.25) is 0 Å². The van der Waals surface area contributed by atoms with Gasteiger partial charge in [-0.25, -0.2) is 0 Å². The number of nitrogens with one attached hydrogen (secondary N) is 1. The third kappa shape index (κ3) is 2.16. The maximum atomic E-state index is 8.38. The van der Waals surface area contributed by atoms with Crippen LogP contribution in [0, 0.1) is 5.41 Å². The first-order valence-electron chi connectivity index (χ1n) is 7.30. The third-order valence-corrected chi connectivity index (χ3v) is 4.42. The zero-order valence-corrected chi connectivity index (χ0v) is 11.0. The highest BCUT2D eigenvalue weighted by atomic mass is 15.2. The maximum Gasteiger partial charge on any atom is 0.128 e. The highest BCUT2D eigenvalue weighted by molar-refractivity contribution is 6.00. The first-order chi connectivity index (χ1) is 8.86. The topological polar surface area (TPSA) is 27.1 Å². The number of hydrogen-bond donors (Lipinski definition) is 1. The molecule has 0 unspecified atom stereocenters. The summed E-state index contributed by atoms with van der Waals surface area (Å²) in [4.78, 5) is 2.34. The maximum absolute atomic E-state index is 8.38. The van der Waals surface area contributed by atoms with E-state index >= 15 is 0 Å². The fraction of sp³-hybridized carbons (Fsp3) is 0.562. The summed E-state index contributed by atoms with van der Waals surface area (Å²) < 4.78 is 0. The molecule has 0 saturated heterocycles. The molecule has 3 rings (SSSR count). The van der Waals surface area contributed by atoms with Crippen LogP contribution >= 0.6 is 0 Å². The minimum atomic E-state index is 0.602. The lowest BCUT2D eigenvalue weighted by molar-refractivity contribution is 0.258. The number of fused-ring (bicyclic) bond motifs is 1. The lowest BCUT2D eigenvalue weighted by Crippen LogP contribution is -2.36. The van der Waals surface area contributed by atoms with Crippen LogP contribution in [-0.2, 0) is 6.54 Å². The SMILES string of the molecule is N=C1c2ccccc2CN1C1CCCCCCC1. The normalized spacial score (nSPS) is 21.6. The minimum Gasteiger partial charge on any atom is -0.349 e. The van der Waals surface area contributed by atoms with Gasteiger partial charge in [-0.05, 0) is 18.4 Å². The van der Waals surface area contributed by atoms with E-state index in [0.717, 1.165) is 17.9 Å². The Balaban J connectivity index is 1.76. The molecule has 1 saturated carbocycles. The van der Waals surface area contributed by atoms with Crippen molar-refractivity contribution in [2.75, 3.05) is 0 Å². The summed E-state index contributed by atoms with van der Waals surface area (Å²) in [5.41, 5.74) is 2.49. The predicted octanol–water partition coefficient (Wildman–Crippen LogP) is 3.94. The summed E-state index contributed by atoms with van der Waals surface area (Å²) >= 11 is 0. The van der Waals surface area contributed by atoms with E-state index in [-0.39, 0.29) is 0 Å². The lowest BCUT2D eigenvalue weighted by Gasteiger charge is -2.31. The van der Waals surface area contributed by atoms with Crippen molar-refractivity contribution < 1.29 is 0 Å². The quantitative estimate of drug-likeness (QED) is 0.793. The van der Waals surface area contributed by atoms with Crippen molar-refractivity contribution in [3.63, 3.8) is 0 Å². The number of hydrogen-bond acceptors (Lipinski definition) is 1. The van der Waals surface area contributed by atoms with Crippen molar-refractivity contribution in [1.29, 1.82) is 5.41 Å². The fourth-order valence-corrected chi connectivity index (χ4v) is 3.36. The highest BCUT2D eigenvalue weighted by Gasteiger charge is 2.29. The van der Waals surface area contributed by atoms with Gasteiger partial charge < -0.3 is 4.90 Å². The van der Waals surface area contributed by atoms with Gasteiger partial charge >= 0.3 is 0 Å². The molecule has 1 aliphatic heterocycles. The Bertz CT molecular complexity index is 430. The van der Waals surface area contributed by atoms with Crippen LogP contribution in [0.4, 0.5) is 0 Å². The summed E-state index contributed by atoms with van der Waals surface area (Å²) in [6, 6.07) is 9.01. The molecule has 2 aliphatic rings. The standard InChI is InChI=1S/C16H22N2/c17-16-15-11-7-6-8-13(15)12-18(16)14-9-4-2-1-3-5-10-14/h6-8,11,14,17H,1-5,9-10,12H2. The summed E-state index contributed by atoms with van der Waals surface area (Å²) in [6.07, 6.45) is 9.39. The average molecular weight is 242 g/mol. The van der Waals surface area contributed by atoms with Gasteiger partial charge in [0.25, 0.3) is 0 Å². The van der Waals surface area contributed by atoms with E-state index in [1.165, 1.54) is 50.5 Å². The number of nitrogens with zero attached hydrogens (tertiary/aromatic N) is 1. The molecule has 0 atom stereocenters. The van der Waals surface area contributed by atoms with E-state index in [2.05, 4.69) is 29.2 Å². The first-order valence-corrected chi connectivity index (χ1v) is 7.30. The van der Waals surface area contributed by atoms with E-state index in [4.69, 9.17) is 5.41 Å². The molecule has 1 aromatic carbocycles. The van der Waals surface area contributed by atoms with Crippen LogP contribution in [0.25, 0.3) is 0 Å². The Morgan fingerprint density at radius 2 is 1.61 bits per heavy atom. The van der Waals surface area contributed by atoms with E-state index in [1.54, 1.807) is 0 Å². The number of benzene rings is 1. The van der Waals surface area contributed by atoms with Gasteiger partial charge in [0.05, 0.1) is 0 Å². The van der Waals surface area contributed by atoms with Crippen LogP contribution < -0.4 is 0 Å². The Hall–Kier alpha value is -1.31. The second-order valence-electron chi connectivity index (χ2n) is 5.63. The van der Waals surface area contributed by atoms with Crippen LogP contribution in [0.2, 0.25) is 0 Å². The number of rotatable bonds is 1. The molecule has 18 heavy (non-hydrogen) atoms. The molecule has 0 spiro atoms. The van der Waals surface area contributed by atoms with Crippen LogP contribution in [0.1, 0.15) is 56.1 Å². The Morgan fingerprint density at radius 3 is 2.33 bits per heavy atom. The molecule has 2 nitrogen and oxygen atoms in total. The molecule has 0 bridgehead atoms. The van der Waals surface area contributed by atoms with E-state index in [9.17, 15) is 0 Å². The molecule has 1 aromatic rings. The molecule has 0 amide bonds. The van der Waals surface area contributed by atoms with Gasteiger partial charge in [-0.3, -0.25) is 5.41 Å². The molecular formula is C16H22N2. The predicted molar refractivity (Wildman–Crippen MR) is 74.9 cm³/mol. The molecule has 1 N–H and O–H groups in total. The van der Waals surface area contributed by atoms with Crippen molar-refractivity contribution >= 4 is 5.84 Å². The van der Waals surface area contributed by atoms with Gasteiger partial charge in [0, 0.05) is 18.2 Å². The summed E-state index contributed by atoms with van der Waals surface area (Å²) in [7, 11) is 0. The molecule has 1 heterocycles. The molecular weight excluding hydrogens is 220 g/mol. The van der Waals surface area contributed by atoms with Crippen molar-refractivity contribution in [1.82, 2.24) is 4.90 Å². The van der Waals surface area contributed by atoms with Crippen molar-refractivity contribution in [3.8, 4) is 0 Å². The summed E-state index contributed by atoms with van der Waals surface area (Å²) in [6.45, 7) is 0.958. The highest BCUT2D eigenvalue weighted by Crippen LogP contribution is 2.29. The van der Waals surface area contributed by atoms with Gasteiger partial charge in [-0.15, -0.1) is 0 Å². The van der Waals surface area contributed by atoms with E-state index in [0.29, 0.717) is 6.04 Å². The second-order valence-corrected chi connectivity index (χ2v) is 5.63. The smallest absolute Gasteiger partial charge is 0.128 e. The molecule has 0 aromatic heterocycles. The van der Waals surface area contributed by atoms with E-state index in [1.807, 2.05) is 0 Å². The van der Waals surface area contributed by atoms with Crippen molar-refractivity contribution in [3.05, 3.63) is 35.4 Å². The summed E-state index contributed by atoms with van der Waals surface area (Å²) in [5.74, 6) is 0.760.